The minimum absolute atomic E-state index is 0.0575. The first-order valence-electron chi connectivity index (χ1n) is 20.3. The van der Waals surface area contributed by atoms with Gasteiger partial charge in [0.2, 0.25) is 0 Å². The molecule has 0 bridgehead atoms. The van der Waals surface area contributed by atoms with E-state index in [4.69, 9.17) is 9.84 Å². The monoisotopic (exact) mass is 669 g/mol. The Morgan fingerprint density at radius 3 is 1.38 bits per heavy atom. The Kier molecular flexibility index (Phi) is 37.2. The van der Waals surface area contributed by atoms with Crippen molar-refractivity contribution in [2.75, 3.05) is 0 Å². The lowest BCUT2D eigenvalue weighted by atomic mass is 10.0. The SMILES string of the molecule is CC/C=C\C/C=C\C/C=C\C/C=C\C/C=C\CCCCCCCC(=O)OC(CCCCCCCCCCCCCC)CCCCC(=O)O. The van der Waals surface area contributed by atoms with Crippen molar-refractivity contribution in [3.63, 3.8) is 0 Å². The fourth-order valence-corrected chi connectivity index (χ4v) is 5.80. The maximum atomic E-state index is 12.6. The number of hydrogen-bond acceptors (Lipinski definition) is 3. The third-order valence-electron chi connectivity index (χ3n) is 8.75. The van der Waals surface area contributed by atoms with Gasteiger partial charge in [0.25, 0.3) is 0 Å². The Morgan fingerprint density at radius 1 is 0.479 bits per heavy atom. The van der Waals surface area contributed by atoms with Crippen LogP contribution in [0.5, 0.6) is 0 Å². The van der Waals surface area contributed by atoms with Crippen molar-refractivity contribution in [2.24, 2.45) is 0 Å². The fourth-order valence-electron chi connectivity index (χ4n) is 5.80. The number of aliphatic carboxylic acids is 1. The molecule has 0 aliphatic heterocycles. The Morgan fingerprint density at radius 2 is 0.875 bits per heavy atom. The quantitative estimate of drug-likeness (QED) is 0.0410. The second-order valence-electron chi connectivity index (χ2n) is 13.4. The van der Waals surface area contributed by atoms with Crippen molar-refractivity contribution < 1.29 is 19.4 Å². The van der Waals surface area contributed by atoms with Crippen molar-refractivity contribution in [3.05, 3.63) is 60.8 Å². The van der Waals surface area contributed by atoms with Crippen LogP contribution < -0.4 is 0 Å². The summed E-state index contributed by atoms with van der Waals surface area (Å²) in [5, 5.41) is 8.95. The summed E-state index contributed by atoms with van der Waals surface area (Å²) in [7, 11) is 0. The van der Waals surface area contributed by atoms with Gasteiger partial charge in [-0.3, -0.25) is 9.59 Å². The van der Waals surface area contributed by atoms with Gasteiger partial charge in [0, 0.05) is 12.8 Å². The normalized spacial score (nSPS) is 12.9. The van der Waals surface area contributed by atoms with E-state index in [1.165, 1.54) is 83.5 Å². The maximum Gasteiger partial charge on any atom is 0.306 e. The number of ether oxygens (including phenoxy) is 1. The van der Waals surface area contributed by atoms with Crippen molar-refractivity contribution in [3.8, 4) is 0 Å². The molecule has 0 saturated heterocycles. The van der Waals surface area contributed by atoms with Gasteiger partial charge < -0.3 is 9.84 Å². The van der Waals surface area contributed by atoms with Gasteiger partial charge in [-0.15, -0.1) is 0 Å². The minimum atomic E-state index is -0.748. The number of carbonyl (C=O) groups is 2. The third-order valence-corrected chi connectivity index (χ3v) is 8.75. The smallest absolute Gasteiger partial charge is 0.306 e. The van der Waals surface area contributed by atoms with Gasteiger partial charge in [0.15, 0.2) is 0 Å². The number of carboxylic acids is 1. The van der Waals surface area contributed by atoms with Gasteiger partial charge in [-0.2, -0.15) is 0 Å². The molecule has 0 rings (SSSR count). The first kappa shape index (κ1) is 45.6. The molecule has 4 heteroatoms. The van der Waals surface area contributed by atoms with Crippen molar-refractivity contribution in [2.45, 2.75) is 206 Å². The molecule has 1 atom stereocenters. The van der Waals surface area contributed by atoms with Gasteiger partial charge >= 0.3 is 11.9 Å². The summed E-state index contributed by atoms with van der Waals surface area (Å²) in [6.07, 6.45) is 53.8. The van der Waals surface area contributed by atoms with Crippen LogP contribution in [0.4, 0.5) is 0 Å². The number of rotatable bonds is 36. The summed E-state index contributed by atoms with van der Waals surface area (Å²) < 4.78 is 5.89. The Balaban J connectivity index is 3.92. The van der Waals surface area contributed by atoms with Crippen molar-refractivity contribution >= 4 is 11.9 Å². The predicted molar refractivity (Wildman–Crippen MR) is 208 cm³/mol. The summed E-state index contributed by atoms with van der Waals surface area (Å²) in [6.45, 7) is 4.43. The summed E-state index contributed by atoms with van der Waals surface area (Å²) >= 11 is 0. The summed E-state index contributed by atoms with van der Waals surface area (Å²) in [4.78, 5) is 23.5. The molecular formula is C44H76O4. The van der Waals surface area contributed by atoms with E-state index in [2.05, 4.69) is 74.6 Å². The van der Waals surface area contributed by atoms with Gasteiger partial charge in [-0.25, -0.2) is 0 Å². The van der Waals surface area contributed by atoms with Crippen LogP contribution in [-0.2, 0) is 14.3 Å². The van der Waals surface area contributed by atoms with Gasteiger partial charge in [-0.1, -0.05) is 164 Å². The van der Waals surface area contributed by atoms with Crippen LogP contribution in [-0.4, -0.2) is 23.1 Å². The number of unbranched alkanes of at least 4 members (excludes halogenated alkanes) is 17. The van der Waals surface area contributed by atoms with E-state index in [-0.39, 0.29) is 18.5 Å². The molecule has 0 aliphatic carbocycles. The molecule has 0 aromatic rings. The molecule has 0 aromatic carbocycles. The first-order valence-corrected chi connectivity index (χ1v) is 20.3. The van der Waals surface area contributed by atoms with E-state index in [9.17, 15) is 9.59 Å². The molecule has 1 N–H and O–H groups in total. The van der Waals surface area contributed by atoms with Crippen molar-refractivity contribution in [1.29, 1.82) is 0 Å². The standard InChI is InChI=1S/C44H76O4/c1-3-5-7-9-11-13-15-17-18-19-20-21-22-23-24-25-27-29-31-33-35-41-44(47)48-42(39-36-37-40-43(45)46)38-34-32-30-28-26-16-14-12-10-8-6-4-2/h5,7,11,13,17-18,20-21,23-24,42H,3-4,6,8-10,12,14-16,19,22,25-41H2,1-2H3,(H,45,46)/b7-5-,13-11-,18-17-,21-20-,24-23-. The zero-order valence-electron chi connectivity index (χ0n) is 31.5. The molecule has 1 unspecified atom stereocenters. The fraction of sp³-hybridized carbons (Fsp3) is 0.727. The Bertz CT molecular complexity index is 850. The number of hydrogen-bond donors (Lipinski definition) is 1. The van der Waals surface area contributed by atoms with Gasteiger partial charge in [0.05, 0.1) is 0 Å². The minimum Gasteiger partial charge on any atom is -0.481 e. The predicted octanol–water partition coefficient (Wildman–Crippen LogP) is 14.1. The zero-order chi connectivity index (χ0) is 35.0. The highest BCUT2D eigenvalue weighted by atomic mass is 16.5. The number of esters is 1. The average molecular weight is 669 g/mol. The Labute approximate surface area is 297 Å². The second kappa shape index (κ2) is 39.1. The van der Waals surface area contributed by atoms with E-state index in [0.29, 0.717) is 12.8 Å². The first-order chi connectivity index (χ1) is 23.6. The lowest BCUT2D eigenvalue weighted by Crippen LogP contribution is -2.18. The number of carbonyl (C=O) groups excluding carboxylic acids is 1. The van der Waals surface area contributed by atoms with Crippen LogP contribution >= 0.6 is 0 Å². The van der Waals surface area contributed by atoms with E-state index >= 15 is 0 Å². The maximum absolute atomic E-state index is 12.6. The van der Waals surface area contributed by atoms with Crippen LogP contribution in [0.2, 0.25) is 0 Å². The topological polar surface area (TPSA) is 63.6 Å². The van der Waals surface area contributed by atoms with Crippen LogP contribution in [0.15, 0.2) is 60.8 Å². The van der Waals surface area contributed by atoms with E-state index in [0.717, 1.165) is 83.5 Å². The van der Waals surface area contributed by atoms with Crippen LogP contribution in [0.3, 0.4) is 0 Å². The van der Waals surface area contributed by atoms with Gasteiger partial charge in [-0.05, 0) is 83.5 Å². The average Bonchev–Trinajstić information content (AvgIpc) is 3.07. The lowest BCUT2D eigenvalue weighted by molar-refractivity contribution is -0.150. The molecule has 0 amide bonds. The zero-order valence-corrected chi connectivity index (χ0v) is 31.5. The van der Waals surface area contributed by atoms with Crippen LogP contribution in [0.1, 0.15) is 200 Å². The van der Waals surface area contributed by atoms with E-state index in [1.807, 2.05) is 0 Å². The second-order valence-corrected chi connectivity index (χ2v) is 13.4. The molecule has 0 radical (unpaired) electrons. The largest absolute Gasteiger partial charge is 0.481 e. The van der Waals surface area contributed by atoms with Crippen LogP contribution in [0, 0.1) is 0 Å². The molecule has 0 spiro atoms. The van der Waals surface area contributed by atoms with E-state index < -0.39 is 5.97 Å². The highest BCUT2D eigenvalue weighted by molar-refractivity contribution is 5.69. The third kappa shape index (κ3) is 38.1. The highest BCUT2D eigenvalue weighted by Gasteiger charge is 2.14. The molecule has 0 aromatic heterocycles. The summed E-state index contributed by atoms with van der Waals surface area (Å²) in [5.41, 5.74) is 0. The van der Waals surface area contributed by atoms with Gasteiger partial charge in [0.1, 0.15) is 6.10 Å². The van der Waals surface area contributed by atoms with Crippen LogP contribution in [0.25, 0.3) is 0 Å². The van der Waals surface area contributed by atoms with Crippen molar-refractivity contribution in [1.82, 2.24) is 0 Å². The molecule has 276 valence electrons. The van der Waals surface area contributed by atoms with E-state index in [1.54, 1.807) is 0 Å². The molecule has 4 nitrogen and oxygen atoms in total. The summed E-state index contributed by atoms with van der Waals surface area (Å²) in [6, 6.07) is 0. The number of carboxylic acid groups (broad SMARTS) is 1. The Hall–Kier alpha value is -2.36. The lowest BCUT2D eigenvalue weighted by Gasteiger charge is -2.18. The molecule has 0 fully saturated rings. The molecular weight excluding hydrogens is 592 g/mol. The molecule has 0 saturated carbocycles. The number of allylic oxidation sites excluding steroid dienone is 10. The highest BCUT2D eigenvalue weighted by Crippen LogP contribution is 2.18. The molecule has 0 heterocycles. The molecule has 0 aliphatic rings. The molecule has 48 heavy (non-hydrogen) atoms. The summed E-state index contributed by atoms with van der Waals surface area (Å²) in [5.74, 6) is -0.821.